The minimum absolute atomic E-state index is 0.0965. The average molecular weight is 415 g/mol. The highest BCUT2D eigenvalue weighted by Crippen LogP contribution is 2.40. The second-order valence-electron chi connectivity index (χ2n) is 6.50. The molecule has 0 unspecified atom stereocenters. The van der Waals surface area contributed by atoms with Crippen molar-refractivity contribution in [3.05, 3.63) is 63.8 Å². The van der Waals surface area contributed by atoms with Crippen molar-refractivity contribution in [2.75, 3.05) is 12.9 Å². The van der Waals surface area contributed by atoms with E-state index in [0.29, 0.717) is 16.9 Å². The number of fused-ring (bicyclic) bond motifs is 3. The lowest BCUT2D eigenvalue weighted by atomic mass is 9.96. The van der Waals surface area contributed by atoms with Gasteiger partial charge in [0.15, 0.2) is 0 Å². The minimum atomic E-state index is -3.50. The molecule has 0 aliphatic heterocycles. The van der Waals surface area contributed by atoms with Gasteiger partial charge in [-0.3, -0.25) is 4.79 Å². The number of hydrogen-bond acceptors (Lipinski definition) is 5. The third-order valence-corrected chi connectivity index (χ3v) is 6.38. The van der Waals surface area contributed by atoms with Gasteiger partial charge in [-0.1, -0.05) is 24.3 Å². The van der Waals surface area contributed by atoms with Crippen molar-refractivity contribution in [2.24, 2.45) is 5.14 Å². The summed E-state index contributed by atoms with van der Waals surface area (Å²) in [4.78, 5) is 15.3. The largest absolute Gasteiger partial charge is 0.496 e. The molecule has 8 heteroatoms. The molecule has 2 heterocycles. The Morgan fingerprint density at radius 3 is 2.54 bits per heavy atom. The number of rotatable bonds is 5. The van der Waals surface area contributed by atoms with Gasteiger partial charge in [0.2, 0.25) is 10.0 Å². The second kappa shape index (κ2) is 7.05. The fourth-order valence-electron chi connectivity index (χ4n) is 3.38. The van der Waals surface area contributed by atoms with Crippen LogP contribution in [0.4, 0.5) is 0 Å². The highest BCUT2D eigenvalue weighted by atomic mass is 32.2. The van der Waals surface area contributed by atoms with Crippen molar-refractivity contribution in [3.8, 4) is 16.9 Å². The van der Waals surface area contributed by atoms with E-state index < -0.39 is 10.0 Å². The number of hydrogen-bond donors (Lipinski definition) is 2. The van der Waals surface area contributed by atoms with E-state index in [1.54, 1.807) is 7.11 Å². The lowest BCUT2D eigenvalue weighted by Crippen LogP contribution is -2.17. The average Bonchev–Trinajstić information content (AvgIpc) is 3.16. The van der Waals surface area contributed by atoms with Gasteiger partial charge >= 0.3 is 0 Å². The minimum Gasteiger partial charge on any atom is -0.496 e. The van der Waals surface area contributed by atoms with Crippen LogP contribution in [0.2, 0.25) is 0 Å². The van der Waals surface area contributed by atoms with Crippen molar-refractivity contribution in [2.45, 2.75) is 6.42 Å². The zero-order valence-corrected chi connectivity index (χ0v) is 16.7. The molecular formula is C20H18N2O4S2. The van der Waals surface area contributed by atoms with Gasteiger partial charge < -0.3 is 9.72 Å². The Morgan fingerprint density at radius 2 is 1.86 bits per heavy atom. The molecule has 0 radical (unpaired) electrons. The van der Waals surface area contributed by atoms with Crippen molar-refractivity contribution in [3.63, 3.8) is 0 Å². The zero-order chi connectivity index (χ0) is 19.9. The standard InChI is InChI=1S/C20H18N2O4S2/c1-26-16-7-6-15-18(14-8-10-27-19(14)20(23)22-15)17(16)13-4-2-12(3-5-13)9-11-28(21,24)25/h2-8,10H,9,11H2,1H3,(H,22,23)(H2,21,24,25). The first-order valence-electron chi connectivity index (χ1n) is 8.57. The number of H-pyrrole nitrogens is 1. The maximum atomic E-state index is 12.3. The number of thiophene rings is 1. The van der Waals surface area contributed by atoms with E-state index >= 15 is 0 Å². The molecule has 0 spiro atoms. The number of nitrogens with one attached hydrogen (secondary N) is 1. The molecule has 6 nitrogen and oxygen atoms in total. The molecule has 0 fully saturated rings. The second-order valence-corrected chi connectivity index (χ2v) is 9.15. The topological polar surface area (TPSA) is 102 Å². The molecule has 4 aromatic rings. The first kappa shape index (κ1) is 18.7. The Bertz CT molecular complexity index is 1340. The van der Waals surface area contributed by atoms with E-state index in [-0.39, 0.29) is 11.3 Å². The number of ether oxygens (including phenoxy) is 1. The van der Waals surface area contributed by atoms with Crippen molar-refractivity contribution in [1.82, 2.24) is 4.98 Å². The molecule has 0 amide bonds. The number of sulfonamides is 1. The molecular weight excluding hydrogens is 396 g/mol. The Labute approximate surface area is 165 Å². The predicted octanol–water partition coefficient (Wildman–Crippen LogP) is 3.25. The summed E-state index contributed by atoms with van der Waals surface area (Å²) in [5.41, 5.74) is 3.32. The molecule has 0 saturated carbocycles. The molecule has 4 rings (SSSR count). The van der Waals surface area contributed by atoms with Crippen LogP contribution in [0.15, 0.2) is 52.6 Å². The Balaban J connectivity index is 1.90. The van der Waals surface area contributed by atoms with Gasteiger partial charge in [-0.15, -0.1) is 11.3 Å². The quantitative estimate of drug-likeness (QED) is 0.523. The molecule has 28 heavy (non-hydrogen) atoms. The number of pyridine rings is 1. The van der Waals surface area contributed by atoms with Gasteiger partial charge in [0, 0.05) is 21.9 Å². The molecule has 3 N–H and O–H groups in total. The summed E-state index contributed by atoms with van der Waals surface area (Å²) in [6.45, 7) is 0. The summed E-state index contributed by atoms with van der Waals surface area (Å²) in [6.07, 6.45) is 0.355. The highest BCUT2D eigenvalue weighted by Gasteiger charge is 2.16. The number of aromatic nitrogens is 1. The molecule has 2 aromatic carbocycles. The van der Waals surface area contributed by atoms with Crippen LogP contribution in [0.1, 0.15) is 5.56 Å². The summed E-state index contributed by atoms with van der Waals surface area (Å²) >= 11 is 1.40. The monoisotopic (exact) mass is 414 g/mol. The van der Waals surface area contributed by atoms with Gasteiger partial charge in [0.1, 0.15) is 10.4 Å². The van der Waals surface area contributed by atoms with Crippen molar-refractivity contribution in [1.29, 1.82) is 0 Å². The highest BCUT2D eigenvalue weighted by molar-refractivity contribution is 7.89. The van der Waals surface area contributed by atoms with Crippen LogP contribution in [-0.2, 0) is 16.4 Å². The number of aromatic amines is 1. The number of methoxy groups -OCH3 is 1. The van der Waals surface area contributed by atoms with E-state index in [9.17, 15) is 13.2 Å². The van der Waals surface area contributed by atoms with Crippen molar-refractivity contribution < 1.29 is 13.2 Å². The lowest BCUT2D eigenvalue weighted by molar-refractivity contribution is 0.417. The van der Waals surface area contributed by atoms with Crippen LogP contribution in [0, 0.1) is 0 Å². The molecule has 0 aliphatic carbocycles. The van der Waals surface area contributed by atoms with Crippen LogP contribution < -0.4 is 15.4 Å². The van der Waals surface area contributed by atoms with Crippen LogP contribution in [-0.4, -0.2) is 26.3 Å². The molecule has 2 aromatic heterocycles. The SMILES string of the molecule is COc1ccc2[nH]c(=O)c3sccc3c2c1-c1ccc(CCS(N)(=O)=O)cc1. The molecule has 0 aliphatic rings. The number of primary sulfonamides is 1. The van der Waals surface area contributed by atoms with E-state index in [4.69, 9.17) is 9.88 Å². The predicted molar refractivity (Wildman–Crippen MR) is 114 cm³/mol. The number of nitrogens with two attached hydrogens (primary N) is 1. The van der Waals surface area contributed by atoms with Gasteiger partial charge in [-0.25, -0.2) is 13.6 Å². The van der Waals surface area contributed by atoms with Gasteiger partial charge in [-0.05, 0) is 41.1 Å². The maximum Gasteiger partial charge on any atom is 0.266 e. The fourth-order valence-corrected chi connectivity index (χ4v) is 4.70. The lowest BCUT2D eigenvalue weighted by Gasteiger charge is -2.14. The summed E-state index contributed by atoms with van der Waals surface area (Å²) in [7, 11) is -1.89. The molecule has 0 atom stereocenters. The summed E-state index contributed by atoms with van der Waals surface area (Å²) in [5.74, 6) is 0.602. The number of benzene rings is 2. The fraction of sp³-hybridized carbons (Fsp3) is 0.150. The Hall–Kier alpha value is -2.68. The molecule has 0 bridgehead atoms. The maximum absolute atomic E-state index is 12.3. The van der Waals surface area contributed by atoms with Crippen LogP contribution in [0.25, 0.3) is 32.1 Å². The van der Waals surface area contributed by atoms with Crippen LogP contribution in [0.3, 0.4) is 0 Å². The van der Waals surface area contributed by atoms with E-state index in [1.807, 2.05) is 47.8 Å². The van der Waals surface area contributed by atoms with Crippen LogP contribution in [0.5, 0.6) is 5.75 Å². The Kier molecular flexibility index (Phi) is 4.70. The number of aryl methyl sites for hydroxylation is 1. The van der Waals surface area contributed by atoms with Gasteiger partial charge in [0.25, 0.3) is 5.56 Å². The molecule has 144 valence electrons. The zero-order valence-electron chi connectivity index (χ0n) is 15.1. The molecule has 0 saturated heterocycles. The smallest absolute Gasteiger partial charge is 0.266 e. The normalized spacial score (nSPS) is 11.9. The van der Waals surface area contributed by atoms with E-state index in [0.717, 1.165) is 33.0 Å². The van der Waals surface area contributed by atoms with Gasteiger partial charge in [0.05, 0.1) is 12.9 Å². The van der Waals surface area contributed by atoms with Gasteiger partial charge in [-0.2, -0.15) is 0 Å². The summed E-state index contributed by atoms with van der Waals surface area (Å²) in [6, 6.07) is 13.3. The van der Waals surface area contributed by atoms with Crippen molar-refractivity contribution >= 4 is 42.3 Å². The summed E-state index contributed by atoms with van der Waals surface area (Å²) in [5, 5.41) is 8.80. The van der Waals surface area contributed by atoms with Crippen LogP contribution >= 0.6 is 11.3 Å². The van der Waals surface area contributed by atoms with E-state index in [2.05, 4.69) is 4.98 Å². The Morgan fingerprint density at radius 1 is 1.11 bits per heavy atom. The third-order valence-electron chi connectivity index (χ3n) is 4.69. The van der Waals surface area contributed by atoms with E-state index in [1.165, 1.54) is 11.3 Å². The first-order chi connectivity index (χ1) is 13.4. The third kappa shape index (κ3) is 3.42. The summed E-state index contributed by atoms with van der Waals surface area (Å²) < 4.78 is 28.6. The first-order valence-corrected chi connectivity index (χ1v) is 11.2.